The Morgan fingerprint density at radius 3 is 2.66 bits per heavy atom. The van der Waals surface area contributed by atoms with E-state index in [0.29, 0.717) is 24.9 Å². The minimum atomic E-state index is -1.06. The number of methoxy groups -OCH3 is 1. The van der Waals surface area contributed by atoms with Crippen LogP contribution in [0.15, 0.2) is 48.5 Å². The topological polar surface area (TPSA) is 82.9 Å². The number of esters is 1. The number of ether oxygens (including phenoxy) is 3. The minimum Gasteiger partial charge on any atom is -0.494 e. The van der Waals surface area contributed by atoms with Crippen molar-refractivity contribution in [2.75, 3.05) is 38.4 Å². The van der Waals surface area contributed by atoms with Crippen LogP contribution in [0.25, 0.3) is 11.0 Å². The van der Waals surface area contributed by atoms with Gasteiger partial charge in [0.25, 0.3) is 0 Å². The molecule has 2 heterocycles. The van der Waals surface area contributed by atoms with Crippen molar-refractivity contribution in [2.45, 2.75) is 19.9 Å². The molecule has 0 saturated carbocycles. The van der Waals surface area contributed by atoms with Gasteiger partial charge in [-0.1, -0.05) is 24.3 Å². The summed E-state index contributed by atoms with van der Waals surface area (Å²) in [5.74, 6) is -0.812. The molecule has 8 heteroatoms. The van der Waals surface area contributed by atoms with Crippen molar-refractivity contribution in [2.24, 2.45) is 5.92 Å². The van der Waals surface area contributed by atoms with Gasteiger partial charge in [-0.05, 0) is 43.7 Å². The Labute approximate surface area is 186 Å². The molecule has 168 valence electrons. The van der Waals surface area contributed by atoms with Crippen LogP contribution in [0.4, 0.5) is 5.95 Å². The molecule has 0 saturated heterocycles. The van der Waals surface area contributed by atoms with Crippen LogP contribution in [0.3, 0.4) is 0 Å². The average molecular weight is 437 g/mol. The maximum absolute atomic E-state index is 13.7. The zero-order chi connectivity index (χ0) is 22.7. The number of fused-ring (bicyclic) bond motifs is 3. The van der Waals surface area contributed by atoms with E-state index in [9.17, 15) is 9.59 Å². The number of para-hydroxylation sites is 2. The normalized spacial score (nSPS) is 18.0. The van der Waals surface area contributed by atoms with E-state index < -0.39 is 17.9 Å². The third kappa shape index (κ3) is 3.82. The fraction of sp³-hybridized carbons (Fsp3) is 0.375. The molecule has 0 bridgehead atoms. The summed E-state index contributed by atoms with van der Waals surface area (Å²) in [6.45, 7) is 4.93. The van der Waals surface area contributed by atoms with Crippen molar-refractivity contribution in [3.63, 3.8) is 0 Å². The Bertz CT molecular complexity index is 1130. The smallest absolute Gasteiger partial charge is 0.321 e. The average Bonchev–Trinajstić information content (AvgIpc) is 3.17. The molecule has 0 radical (unpaired) electrons. The predicted octanol–water partition coefficient (Wildman–Crippen LogP) is 3.20. The molecule has 1 aliphatic rings. The van der Waals surface area contributed by atoms with E-state index in [2.05, 4.69) is 0 Å². The number of amides is 1. The number of nitrogens with zero attached hydrogens (tertiary/aromatic N) is 3. The van der Waals surface area contributed by atoms with Gasteiger partial charge in [0.05, 0.1) is 43.4 Å². The molecule has 0 N–H and O–H groups in total. The van der Waals surface area contributed by atoms with Crippen LogP contribution in [0.2, 0.25) is 0 Å². The highest BCUT2D eigenvalue weighted by Gasteiger charge is 2.47. The highest BCUT2D eigenvalue weighted by atomic mass is 16.5. The largest absolute Gasteiger partial charge is 0.494 e. The van der Waals surface area contributed by atoms with Crippen molar-refractivity contribution in [3.05, 3.63) is 54.1 Å². The third-order valence-corrected chi connectivity index (χ3v) is 5.51. The zero-order valence-electron chi connectivity index (χ0n) is 18.5. The van der Waals surface area contributed by atoms with Gasteiger partial charge in [-0.3, -0.25) is 14.5 Å². The fourth-order valence-electron chi connectivity index (χ4n) is 4.20. The van der Waals surface area contributed by atoms with Gasteiger partial charge >= 0.3 is 5.97 Å². The number of rotatable bonds is 8. The summed E-state index contributed by atoms with van der Waals surface area (Å²) in [6.07, 6.45) is 0. The van der Waals surface area contributed by atoms with E-state index >= 15 is 0 Å². The second kappa shape index (κ2) is 9.40. The first kappa shape index (κ1) is 21.8. The zero-order valence-corrected chi connectivity index (χ0v) is 18.5. The van der Waals surface area contributed by atoms with Crippen LogP contribution in [0, 0.1) is 5.92 Å². The van der Waals surface area contributed by atoms with Gasteiger partial charge in [0, 0.05) is 7.11 Å². The molecular weight excluding hydrogens is 410 g/mol. The van der Waals surface area contributed by atoms with E-state index in [1.165, 1.54) is 4.90 Å². The number of carbonyl (C=O) groups is 2. The molecule has 0 unspecified atom stereocenters. The Morgan fingerprint density at radius 1 is 1.09 bits per heavy atom. The van der Waals surface area contributed by atoms with E-state index in [1.807, 2.05) is 60.0 Å². The monoisotopic (exact) mass is 437 g/mol. The maximum atomic E-state index is 13.7. The van der Waals surface area contributed by atoms with E-state index in [4.69, 9.17) is 19.2 Å². The first-order valence-electron chi connectivity index (χ1n) is 10.8. The molecule has 0 aliphatic carbocycles. The van der Waals surface area contributed by atoms with Gasteiger partial charge in [-0.15, -0.1) is 0 Å². The lowest BCUT2D eigenvalue weighted by molar-refractivity contribution is -0.153. The summed E-state index contributed by atoms with van der Waals surface area (Å²) < 4.78 is 18.2. The van der Waals surface area contributed by atoms with Gasteiger partial charge in [0.15, 0.2) is 5.92 Å². The molecule has 0 spiro atoms. The second-order valence-electron chi connectivity index (χ2n) is 7.43. The number of benzene rings is 2. The number of imidazole rings is 1. The lowest BCUT2D eigenvalue weighted by Gasteiger charge is -2.37. The highest BCUT2D eigenvalue weighted by Crippen LogP contribution is 2.41. The van der Waals surface area contributed by atoms with Gasteiger partial charge in [0.1, 0.15) is 5.75 Å². The molecular formula is C24H27N3O5. The molecule has 3 aromatic rings. The minimum absolute atomic E-state index is 0.184. The molecule has 1 aliphatic heterocycles. The molecule has 2 aromatic carbocycles. The number of carbonyl (C=O) groups excluding carboxylic acids is 2. The van der Waals surface area contributed by atoms with E-state index in [1.54, 1.807) is 14.0 Å². The molecule has 4 rings (SSSR count). The number of hydrogen-bond donors (Lipinski definition) is 0. The lowest BCUT2D eigenvalue weighted by Crippen LogP contribution is -2.51. The van der Waals surface area contributed by atoms with Crippen LogP contribution < -0.4 is 9.64 Å². The Balaban J connectivity index is 1.96. The van der Waals surface area contributed by atoms with Crippen molar-refractivity contribution in [1.29, 1.82) is 0 Å². The van der Waals surface area contributed by atoms with Crippen LogP contribution >= 0.6 is 0 Å². The Morgan fingerprint density at radius 2 is 1.91 bits per heavy atom. The molecule has 32 heavy (non-hydrogen) atoms. The highest BCUT2D eigenvalue weighted by molar-refractivity contribution is 6.08. The summed E-state index contributed by atoms with van der Waals surface area (Å²) in [4.78, 5) is 33.1. The van der Waals surface area contributed by atoms with Crippen molar-refractivity contribution in [3.8, 4) is 5.75 Å². The summed E-state index contributed by atoms with van der Waals surface area (Å²) >= 11 is 0. The summed E-state index contributed by atoms with van der Waals surface area (Å²) in [6, 6.07) is 14.5. The van der Waals surface area contributed by atoms with Crippen molar-refractivity contribution >= 4 is 28.9 Å². The van der Waals surface area contributed by atoms with Gasteiger partial charge < -0.3 is 18.8 Å². The first-order chi connectivity index (χ1) is 15.6. The molecule has 8 nitrogen and oxygen atoms in total. The fourth-order valence-corrected chi connectivity index (χ4v) is 4.20. The van der Waals surface area contributed by atoms with Crippen LogP contribution in [-0.4, -0.2) is 54.9 Å². The first-order valence-corrected chi connectivity index (χ1v) is 10.8. The van der Waals surface area contributed by atoms with Crippen molar-refractivity contribution < 1.29 is 23.8 Å². The van der Waals surface area contributed by atoms with Crippen LogP contribution in [0.1, 0.15) is 25.5 Å². The van der Waals surface area contributed by atoms with E-state index in [0.717, 1.165) is 16.6 Å². The van der Waals surface area contributed by atoms with Gasteiger partial charge in [-0.25, -0.2) is 4.98 Å². The quantitative estimate of drug-likeness (QED) is 0.398. The molecule has 1 aromatic heterocycles. The summed E-state index contributed by atoms with van der Waals surface area (Å²) in [5.41, 5.74) is 2.35. The van der Waals surface area contributed by atoms with Crippen LogP contribution in [-0.2, 0) is 19.1 Å². The summed E-state index contributed by atoms with van der Waals surface area (Å²) in [5, 5.41) is 0. The summed E-state index contributed by atoms with van der Waals surface area (Å²) in [7, 11) is 1.57. The van der Waals surface area contributed by atoms with Crippen LogP contribution in [0.5, 0.6) is 5.75 Å². The SMILES string of the molecule is CCOC(=O)[C@@H]1C(=O)N(CCOC)c2nc3ccccc3n2[C@@H]1c1cccc(OCC)c1. The molecule has 2 atom stereocenters. The van der Waals surface area contributed by atoms with Gasteiger partial charge in [-0.2, -0.15) is 0 Å². The molecule has 1 amide bonds. The van der Waals surface area contributed by atoms with Gasteiger partial charge in [0.2, 0.25) is 11.9 Å². The van der Waals surface area contributed by atoms with Crippen molar-refractivity contribution in [1.82, 2.24) is 9.55 Å². The standard InChI is InChI=1S/C24H27N3O5/c1-4-31-17-10-8-9-16(15-17)21-20(23(29)32-5-2)22(28)26(13-14-30-3)24-25-18-11-6-7-12-19(18)27(21)24/h6-12,15,20-21H,4-5,13-14H2,1-3H3/t20-,21+/m0/s1. The predicted molar refractivity (Wildman–Crippen MR) is 120 cm³/mol. The number of anilines is 1. The lowest BCUT2D eigenvalue weighted by atomic mass is 9.89. The second-order valence-corrected chi connectivity index (χ2v) is 7.43. The Kier molecular flexibility index (Phi) is 6.41. The number of hydrogen-bond acceptors (Lipinski definition) is 6. The maximum Gasteiger partial charge on any atom is 0.321 e. The number of aromatic nitrogens is 2. The third-order valence-electron chi connectivity index (χ3n) is 5.51. The van der Waals surface area contributed by atoms with E-state index in [-0.39, 0.29) is 19.1 Å². The Hall–Kier alpha value is -3.39. The molecule has 0 fully saturated rings.